The fourth-order valence-electron chi connectivity index (χ4n) is 2.47. The first kappa shape index (κ1) is 19.6. The van der Waals surface area contributed by atoms with Crippen LogP contribution < -0.4 is 5.32 Å². The van der Waals surface area contributed by atoms with E-state index in [9.17, 15) is 4.79 Å². The number of thioether (sulfide) groups is 1. The highest BCUT2D eigenvalue weighted by molar-refractivity contribution is 7.99. The van der Waals surface area contributed by atoms with E-state index in [1.54, 1.807) is 23.7 Å². The molecule has 0 aromatic carbocycles. The lowest BCUT2D eigenvalue weighted by atomic mass is 10.3. The van der Waals surface area contributed by atoms with E-state index < -0.39 is 0 Å². The fraction of sp³-hybridized carbons (Fsp3) is 0.158. The number of nitrogens with one attached hydrogen (secondary N) is 1. The number of hydrogen-bond donors (Lipinski definition) is 1. The number of rotatable bonds is 6. The van der Waals surface area contributed by atoms with Gasteiger partial charge >= 0.3 is 0 Å². The van der Waals surface area contributed by atoms with Crippen molar-refractivity contribution in [2.45, 2.75) is 18.9 Å². The van der Waals surface area contributed by atoms with E-state index in [-0.39, 0.29) is 11.7 Å². The van der Waals surface area contributed by atoms with Crippen molar-refractivity contribution in [1.82, 2.24) is 25.1 Å². The number of carbonyl (C=O) groups is 1. The molecule has 4 rings (SSSR count). The standard InChI is InChI=1S/C19H16N6OS3/c1-11-9-28-19(21-11)23-15(26)10-27-16-6-5-14(24-25-16)17-12(2)22-18(29-17)13-4-3-7-20-8-13/h3-9H,10H2,1-2H3,(H,21,23,26). The van der Waals surface area contributed by atoms with Crippen molar-refractivity contribution in [3.63, 3.8) is 0 Å². The number of aryl methyl sites for hydroxylation is 2. The van der Waals surface area contributed by atoms with Crippen molar-refractivity contribution < 1.29 is 4.79 Å². The Morgan fingerprint density at radius 2 is 2.07 bits per heavy atom. The molecule has 4 aromatic rings. The molecule has 0 aliphatic rings. The molecule has 10 heteroatoms. The molecule has 4 aromatic heterocycles. The Kier molecular flexibility index (Phi) is 5.93. The van der Waals surface area contributed by atoms with E-state index in [1.807, 2.05) is 43.5 Å². The Morgan fingerprint density at radius 3 is 2.76 bits per heavy atom. The predicted molar refractivity (Wildman–Crippen MR) is 117 cm³/mol. The number of nitrogens with zero attached hydrogens (tertiary/aromatic N) is 5. The summed E-state index contributed by atoms with van der Waals surface area (Å²) >= 11 is 4.31. The summed E-state index contributed by atoms with van der Waals surface area (Å²) < 4.78 is 0. The minimum atomic E-state index is -0.116. The first-order valence-corrected chi connectivity index (χ1v) is 11.3. The number of pyridine rings is 1. The molecular formula is C19H16N6OS3. The summed E-state index contributed by atoms with van der Waals surface area (Å²) in [6.07, 6.45) is 3.54. The van der Waals surface area contributed by atoms with Crippen molar-refractivity contribution in [3.05, 3.63) is 53.4 Å². The average molecular weight is 441 g/mol. The molecule has 1 amide bonds. The van der Waals surface area contributed by atoms with Crippen LogP contribution in [0.2, 0.25) is 0 Å². The molecule has 146 valence electrons. The van der Waals surface area contributed by atoms with Crippen LogP contribution >= 0.6 is 34.4 Å². The van der Waals surface area contributed by atoms with Crippen LogP contribution in [0, 0.1) is 13.8 Å². The second-order valence-corrected chi connectivity index (χ2v) is 8.92. The van der Waals surface area contributed by atoms with Crippen LogP contribution in [-0.4, -0.2) is 36.8 Å². The number of amides is 1. The maximum Gasteiger partial charge on any atom is 0.236 e. The molecule has 0 radical (unpaired) electrons. The van der Waals surface area contributed by atoms with Gasteiger partial charge in [0.1, 0.15) is 15.7 Å². The number of thiazole rings is 2. The summed E-state index contributed by atoms with van der Waals surface area (Å²) in [5, 5.41) is 15.5. The molecule has 0 aliphatic heterocycles. The third-order valence-electron chi connectivity index (χ3n) is 3.79. The van der Waals surface area contributed by atoms with Gasteiger partial charge in [0.2, 0.25) is 5.91 Å². The number of hydrogen-bond acceptors (Lipinski definition) is 9. The molecule has 0 unspecified atom stereocenters. The molecule has 1 N–H and O–H groups in total. The van der Waals surface area contributed by atoms with Gasteiger partial charge in [-0.25, -0.2) is 9.97 Å². The van der Waals surface area contributed by atoms with Crippen LogP contribution in [0.25, 0.3) is 21.1 Å². The van der Waals surface area contributed by atoms with E-state index in [0.29, 0.717) is 10.2 Å². The van der Waals surface area contributed by atoms with Gasteiger partial charge in [0.25, 0.3) is 0 Å². The van der Waals surface area contributed by atoms with E-state index >= 15 is 0 Å². The monoisotopic (exact) mass is 440 g/mol. The van der Waals surface area contributed by atoms with E-state index in [0.717, 1.165) is 32.5 Å². The predicted octanol–water partition coefficient (Wildman–Crippen LogP) is 4.47. The third-order valence-corrected chi connectivity index (χ3v) is 6.82. The molecule has 0 saturated heterocycles. The van der Waals surface area contributed by atoms with Gasteiger partial charge in [-0.3, -0.25) is 9.78 Å². The molecule has 0 atom stereocenters. The number of anilines is 1. The smallest absolute Gasteiger partial charge is 0.236 e. The molecule has 0 bridgehead atoms. The summed E-state index contributed by atoms with van der Waals surface area (Å²) in [6, 6.07) is 7.66. The largest absolute Gasteiger partial charge is 0.301 e. The second kappa shape index (κ2) is 8.76. The van der Waals surface area contributed by atoms with Crippen molar-refractivity contribution in [2.75, 3.05) is 11.1 Å². The zero-order chi connectivity index (χ0) is 20.2. The molecular weight excluding hydrogens is 424 g/mol. The van der Waals surface area contributed by atoms with Gasteiger partial charge in [0.05, 0.1) is 22.0 Å². The normalized spacial score (nSPS) is 10.8. The number of aromatic nitrogens is 5. The zero-order valence-corrected chi connectivity index (χ0v) is 18.1. The van der Waals surface area contributed by atoms with E-state index in [2.05, 4.69) is 30.5 Å². The fourth-order valence-corrected chi connectivity index (χ4v) is 4.81. The van der Waals surface area contributed by atoms with Gasteiger partial charge < -0.3 is 5.32 Å². The summed E-state index contributed by atoms with van der Waals surface area (Å²) in [5.41, 5.74) is 3.54. The van der Waals surface area contributed by atoms with Crippen LogP contribution in [0.1, 0.15) is 11.4 Å². The SMILES string of the molecule is Cc1csc(NC(=O)CSc2ccc(-c3sc(-c4cccnc4)nc3C)nn2)n1. The van der Waals surface area contributed by atoms with Gasteiger partial charge in [0, 0.05) is 23.3 Å². The minimum Gasteiger partial charge on any atom is -0.301 e. The van der Waals surface area contributed by atoms with Gasteiger partial charge in [-0.1, -0.05) is 11.8 Å². The molecule has 29 heavy (non-hydrogen) atoms. The van der Waals surface area contributed by atoms with Crippen LogP contribution in [0.4, 0.5) is 5.13 Å². The second-order valence-electron chi connectivity index (χ2n) is 6.06. The van der Waals surface area contributed by atoms with Crippen LogP contribution in [0.5, 0.6) is 0 Å². The summed E-state index contributed by atoms with van der Waals surface area (Å²) in [7, 11) is 0. The van der Waals surface area contributed by atoms with Crippen molar-refractivity contribution in [1.29, 1.82) is 0 Å². The maximum absolute atomic E-state index is 12.0. The highest BCUT2D eigenvalue weighted by Gasteiger charge is 2.14. The maximum atomic E-state index is 12.0. The summed E-state index contributed by atoms with van der Waals surface area (Å²) in [5.74, 6) is 0.131. The Hall–Kier alpha value is -2.69. The molecule has 0 aliphatic carbocycles. The molecule has 0 saturated carbocycles. The zero-order valence-electron chi connectivity index (χ0n) is 15.6. The molecule has 0 fully saturated rings. The Morgan fingerprint density at radius 1 is 1.17 bits per heavy atom. The summed E-state index contributed by atoms with van der Waals surface area (Å²) in [4.78, 5) is 26.0. The number of carbonyl (C=O) groups excluding carboxylic acids is 1. The lowest BCUT2D eigenvalue weighted by Gasteiger charge is -2.02. The Bertz CT molecular complexity index is 1120. The molecule has 0 spiro atoms. The lowest BCUT2D eigenvalue weighted by Crippen LogP contribution is -2.14. The topological polar surface area (TPSA) is 93.6 Å². The van der Waals surface area contributed by atoms with Gasteiger partial charge in [0.15, 0.2) is 5.13 Å². The molecule has 7 nitrogen and oxygen atoms in total. The van der Waals surface area contributed by atoms with Crippen LogP contribution in [0.3, 0.4) is 0 Å². The van der Waals surface area contributed by atoms with Crippen molar-refractivity contribution in [2.24, 2.45) is 0 Å². The van der Waals surface area contributed by atoms with E-state index in [4.69, 9.17) is 0 Å². The Labute approximate surface area is 179 Å². The van der Waals surface area contributed by atoms with Gasteiger partial charge in [-0.2, -0.15) is 0 Å². The van der Waals surface area contributed by atoms with Crippen molar-refractivity contribution in [3.8, 4) is 21.1 Å². The molecule has 4 heterocycles. The highest BCUT2D eigenvalue weighted by atomic mass is 32.2. The minimum absolute atomic E-state index is 0.116. The van der Waals surface area contributed by atoms with Crippen LogP contribution in [-0.2, 0) is 4.79 Å². The average Bonchev–Trinajstić information content (AvgIpc) is 3.33. The van der Waals surface area contributed by atoms with Gasteiger partial charge in [-0.15, -0.1) is 32.9 Å². The van der Waals surface area contributed by atoms with Crippen LogP contribution in [0.15, 0.2) is 47.1 Å². The van der Waals surface area contributed by atoms with Crippen molar-refractivity contribution >= 4 is 45.5 Å². The quantitative estimate of drug-likeness (QED) is 0.442. The first-order valence-electron chi connectivity index (χ1n) is 8.65. The third kappa shape index (κ3) is 4.84. The highest BCUT2D eigenvalue weighted by Crippen LogP contribution is 2.34. The van der Waals surface area contributed by atoms with Gasteiger partial charge in [-0.05, 0) is 38.1 Å². The summed E-state index contributed by atoms with van der Waals surface area (Å²) in [6.45, 7) is 3.85. The Balaban J connectivity index is 1.40. The van der Waals surface area contributed by atoms with E-state index in [1.165, 1.54) is 23.1 Å². The first-order chi connectivity index (χ1) is 14.1. The lowest BCUT2D eigenvalue weighted by molar-refractivity contribution is -0.113.